The minimum atomic E-state index is -0.470. The molecule has 0 bridgehead atoms. The fourth-order valence-electron chi connectivity index (χ4n) is 1.83. The van der Waals surface area contributed by atoms with Crippen molar-refractivity contribution < 1.29 is 8.94 Å². The molecule has 0 saturated carbocycles. The zero-order valence-corrected chi connectivity index (χ0v) is 11.7. The maximum absolute atomic E-state index is 11.1. The molecule has 0 fully saturated rings. The van der Waals surface area contributed by atoms with Crippen molar-refractivity contribution in [3.05, 3.63) is 34.6 Å². The zero-order valence-electron chi connectivity index (χ0n) is 10.9. The Balaban J connectivity index is 1.84. The van der Waals surface area contributed by atoms with Crippen molar-refractivity contribution in [1.82, 2.24) is 15.1 Å². The molecule has 2 heterocycles. The van der Waals surface area contributed by atoms with Crippen molar-refractivity contribution in [2.45, 2.75) is 19.1 Å². The largest absolute Gasteiger partial charge is 0.417 e. The molecule has 0 spiro atoms. The summed E-state index contributed by atoms with van der Waals surface area (Å²) in [6.45, 7) is 2.13. The van der Waals surface area contributed by atoms with Crippen LogP contribution in [0.1, 0.15) is 19.2 Å². The van der Waals surface area contributed by atoms with E-state index in [-0.39, 0.29) is 0 Å². The van der Waals surface area contributed by atoms with E-state index in [2.05, 4.69) is 22.0 Å². The number of thioether (sulfide) groups is 1. The number of fused-ring (bicyclic) bond motifs is 1. The molecule has 2 aromatic heterocycles. The van der Waals surface area contributed by atoms with Crippen LogP contribution in [0.5, 0.6) is 0 Å². The molecule has 1 N–H and O–H groups in total. The molecule has 3 rings (SSSR count). The Morgan fingerprint density at radius 2 is 2.30 bits per heavy atom. The number of nitrogens with zero attached hydrogens (tertiary/aromatic N) is 2. The summed E-state index contributed by atoms with van der Waals surface area (Å²) in [5.41, 5.74) is 1.92. The number of oxazole rings is 1. The minimum absolute atomic E-state index is 0.470. The lowest BCUT2D eigenvalue weighted by molar-refractivity contribution is 0.391. The number of aromatic amines is 1. The van der Waals surface area contributed by atoms with Crippen LogP contribution < -0.4 is 5.76 Å². The van der Waals surface area contributed by atoms with Crippen molar-refractivity contribution in [2.75, 3.05) is 5.75 Å². The standard InChI is InChI=1S/C13H13N3O3S/c1-2-5-20-7-11-15-12(16-19-11)8-3-4-10-9(6-8)14-13(17)18-10/h3-4,6H,2,5,7H2,1H3,(H,14,17). The Labute approximate surface area is 118 Å². The second-order valence-corrected chi connectivity index (χ2v) is 5.39. The van der Waals surface area contributed by atoms with Crippen LogP contribution in [0, 0.1) is 0 Å². The van der Waals surface area contributed by atoms with Crippen LogP contribution in [0.25, 0.3) is 22.5 Å². The number of nitrogens with one attached hydrogen (secondary N) is 1. The van der Waals surface area contributed by atoms with Gasteiger partial charge in [0.2, 0.25) is 11.7 Å². The first-order valence-electron chi connectivity index (χ1n) is 6.30. The number of hydrogen-bond donors (Lipinski definition) is 1. The third-order valence-electron chi connectivity index (χ3n) is 2.72. The van der Waals surface area contributed by atoms with E-state index in [1.54, 1.807) is 30.0 Å². The molecule has 0 atom stereocenters. The highest BCUT2D eigenvalue weighted by atomic mass is 32.2. The third-order valence-corrected chi connectivity index (χ3v) is 3.87. The van der Waals surface area contributed by atoms with Gasteiger partial charge in [-0.15, -0.1) is 0 Å². The summed E-state index contributed by atoms with van der Waals surface area (Å²) in [5.74, 6) is 2.44. The van der Waals surface area contributed by atoms with Gasteiger partial charge in [0.1, 0.15) is 0 Å². The topological polar surface area (TPSA) is 84.9 Å². The Hall–Kier alpha value is -2.02. The maximum atomic E-state index is 11.1. The summed E-state index contributed by atoms with van der Waals surface area (Å²) >= 11 is 1.76. The predicted molar refractivity (Wildman–Crippen MR) is 76.6 cm³/mol. The molecular weight excluding hydrogens is 278 g/mol. The van der Waals surface area contributed by atoms with Crippen molar-refractivity contribution in [2.24, 2.45) is 0 Å². The molecule has 0 radical (unpaired) electrons. The fraction of sp³-hybridized carbons (Fsp3) is 0.308. The number of aromatic nitrogens is 3. The van der Waals surface area contributed by atoms with E-state index in [1.165, 1.54) is 0 Å². The molecule has 1 aromatic carbocycles. The van der Waals surface area contributed by atoms with Crippen molar-refractivity contribution in [3.8, 4) is 11.4 Å². The molecule has 6 nitrogen and oxygen atoms in total. The van der Waals surface area contributed by atoms with Crippen LogP contribution in [-0.4, -0.2) is 20.9 Å². The lowest BCUT2D eigenvalue weighted by Gasteiger charge is -1.93. The smallest absolute Gasteiger partial charge is 0.408 e. The van der Waals surface area contributed by atoms with E-state index in [1.807, 2.05) is 0 Å². The number of benzene rings is 1. The average Bonchev–Trinajstić information content (AvgIpc) is 3.03. The normalized spacial score (nSPS) is 11.2. The fourth-order valence-corrected chi connectivity index (χ4v) is 2.55. The number of rotatable bonds is 5. The Morgan fingerprint density at radius 3 is 3.15 bits per heavy atom. The second-order valence-electron chi connectivity index (χ2n) is 4.29. The first-order chi connectivity index (χ1) is 9.76. The van der Waals surface area contributed by atoms with E-state index < -0.39 is 5.76 Å². The zero-order chi connectivity index (χ0) is 13.9. The van der Waals surface area contributed by atoms with E-state index >= 15 is 0 Å². The van der Waals surface area contributed by atoms with Crippen LogP contribution in [-0.2, 0) is 5.75 Å². The van der Waals surface area contributed by atoms with Gasteiger partial charge in [0.05, 0.1) is 11.3 Å². The molecule has 0 saturated heterocycles. The number of hydrogen-bond acceptors (Lipinski definition) is 6. The van der Waals surface area contributed by atoms with Crippen LogP contribution in [0.3, 0.4) is 0 Å². The molecule has 0 aliphatic heterocycles. The molecule has 20 heavy (non-hydrogen) atoms. The highest BCUT2D eigenvalue weighted by Crippen LogP contribution is 2.21. The second kappa shape index (κ2) is 5.54. The van der Waals surface area contributed by atoms with Gasteiger partial charge in [-0.25, -0.2) is 4.79 Å². The van der Waals surface area contributed by atoms with E-state index in [9.17, 15) is 4.79 Å². The van der Waals surface area contributed by atoms with Gasteiger partial charge in [0.15, 0.2) is 5.58 Å². The summed E-state index contributed by atoms with van der Waals surface area (Å²) in [5, 5.41) is 3.96. The van der Waals surface area contributed by atoms with Gasteiger partial charge >= 0.3 is 5.76 Å². The summed E-state index contributed by atoms with van der Waals surface area (Å²) in [6.07, 6.45) is 1.12. The molecule has 104 valence electrons. The highest BCUT2D eigenvalue weighted by molar-refractivity contribution is 7.98. The number of H-pyrrole nitrogens is 1. The molecule has 0 unspecified atom stereocenters. The van der Waals surface area contributed by atoms with E-state index in [0.29, 0.717) is 28.6 Å². The van der Waals surface area contributed by atoms with Gasteiger partial charge in [-0.05, 0) is 30.4 Å². The summed E-state index contributed by atoms with van der Waals surface area (Å²) in [7, 11) is 0. The highest BCUT2D eigenvalue weighted by Gasteiger charge is 2.10. The van der Waals surface area contributed by atoms with Crippen molar-refractivity contribution in [1.29, 1.82) is 0 Å². The van der Waals surface area contributed by atoms with Gasteiger partial charge < -0.3 is 8.94 Å². The third kappa shape index (κ3) is 2.62. The quantitative estimate of drug-likeness (QED) is 0.727. The summed E-state index contributed by atoms with van der Waals surface area (Å²) in [4.78, 5) is 18.1. The molecule has 7 heteroatoms. The Kier molecular flexibility index (Phi) is 3.60. The maximum Gasteiger partial charge on any atom is 0.417 e. The predicted octanol–water partition coefficient (Wildman–Crippen LogP) is 2.81. The van der Waals surface area contributed by atoms with Gasteiger partial charge in [0.25, 0.3) is 0 Å². The van der Waals surface area contributed by atoms with Crippen LogP contribution >= 0.6 is 11.8 Å². The molecule has 0 aliphatic rings. The van der Waals surface area contributed by atoms with Crippen LogP contribution in [0.2, 0.25) is 0 Å². The molecular formula is C13H13N3O3S. The van der Waals surface area contributed by atoms with E-state index in [4.69, 9.17) is 8.94 Å². The first kappa shape index (κ1) is 13.0. The van der Waals surface area contributed by atoms with Crippen molar-refractivity contribution >= 4 is 22.9 Å². The van der Waals surface area contributed by atoms with Gasteiger partial charge in [-0.3, -0.25) is 4.98 Å². The molecule has 3 aromatic rings. The Bertz CT molecular complexity index is 774. The van der Waals surface area contributed by atoms with E-state index in [0.717, 1.165) is 17.7 Å². The van der Waals surface area contributed by atoms with Gasteiger partial charge in [-0.2, -0.15) is 16.7 Å². The average molecular weight is 291 g/mol. The van der Waals surface area contributed by atoms with Crippen LogP contribution in [0.15, 0.2) is 31.9 Å². The van der Waals surface area contributed by atoms with Crippen LogP contribution in [0.4, 0.5) is 0 Å². The SMILES string of the molecule is CCCSCc1nc(-c2ccc3oc(=O)[nH]c3c2)no1. The van der Waals surface area contributed by atoms with Crippen molar-refractivity contribution in [3.63, 3.8) is 0 Å². The molecule has 0 aliphatic carbocycles. The van der Waals surface area contributed by atoms with Gasteiger partial charge in [0, 0.05) is 5.56 Å². The summed E-state index contributed by atoms with van der Waals surface area (Å²) in [6, 6.07) is 5.28. The Morgan fingerprint density at radius 1 is 1.40 bits per heavy atom. The monoisotopic (exact) mass is 291 g/mol. The lowest BCUT2D eigenvalue weighted by atomic mass is 10.2. The summed E-state index contributed by atoms with van der Waals surface area (Å²) < 4.78 is 10.2. The lowest BCUT2D eigenvalue weighted by Crippen LogP contribution is -1.92. The van der Waals surface area contributed by atoms with Gasteiger partial charge in [-0.1, -0.05) is 12.1 Å². The minimum Gasteiger partial charge on any atom is -0.408 e. The molecule has 0 amide bonds. The first-order valence-corrected chi connectivity index (χ1v) is 7.45.